The largest absolute Gasteiger partial charge is 0.462 e. The minimum Gasteiger partial charge on any atom is -0.462 e. The fourth-order valence-electron chi connectivity index (χ4n) is 1.02. The molecule has 0 fully saturated rings. The predicted octanol–water partition coefficient (Wildman–Crippen LogP) is 1.26. The van der Waals surface area contributed by atoms with Gasteiger partial charge in [0.15, 0.2) is 6.29 Å². The topological polar surface area (TPSA) is 65.0 Å². The van der Waals surface area contributed by atoms with Gasteiger partial charge in [-0.2, -0.15) is 0 Å². The molecule has 1 atom stereocenters. The molecule has 5 heteroatoms. The fraction of sp³-hybridized carbons (Fsp3) is 0.750. The van der Waals surface area contributed by atoms with Crippen LogP contribution in [0.15, 0.2) is 12.7 Å². The zero-order valence-electron chi connectivity index (χ0n) is 10.4. The van der Waals surface area contributed by atoms with Crippen LogP contribution in [0, 0.1) is 0 Å². The van der Waals surface area contributed by atoms with Gasteiger partial charge in [0.1, 0.15) is 0 Å². The molecule has 0 amide bonds. The average Bonchev–Trinajstić information content (AvgIpc) is 2.34. The summed E-state index contributed by atoms with van der Waals surface area (Å²) >= 11 is 0. The summed E-state index contributed by atoms with van der Waals surface area (Å²) < 4.78 is 15.1. The number of carbonyl (C=O) groups excluding carboxylic acids is 1. The summed E-state index contributed by atoms with van der Waals surface area (Å²) in [4.78, 5) is 10.7. The van der Waals surface area contributed by atoms with Gasteiger partial charge in [0, 0.05) is 32.1 Å². The molecule has 17 heavy (non-hydrogen) atoms. The monoisotopic (exact) mass is 246 g/mol. The molecule has 0 rings (SSSR count). The lowest BCUT2D eigenvalue weighted by molar-refractivity contribution is -0.138. The third-order valence-electron chi connectivity index (χ3n) is 1.87. The maximum absolute atomic E-state index is 10.7. The van der Waals surface area contributed by atoms with E-state index < -0.39 is 12.3 Å². The van der Waals surface area contributed by atoms with Crippen molar-refractivity contribution >= 4 is 5.97 Å². The Bertz CT molecular complexity index is 205. The predicted molar refractivity (Wildman–Crippen MR) is 63.5 cm³/mol. The number of aliphatic hydroxyl groups is 1. The quantitative estimate of drug-likeness (QED) is 0.257. The zero-order chi connectivity index (χ0) is 12.9. The molecule has 5 nitrogen and oxygen atoms in total. The second-order valence-electron chi connectivity index (χ2n) is 3.45. The highest BCUT2D eigenvalue weighted by molar-refractivity contribution is 5.81. The second-order valence-corrected chi connectivity index (χ2v) is 3.45. The highest BCUT2D eigenvalue weighted by atomic mass is 16.6. The van der Waals surface area contributed by atoms with Crippen molar-refractivity contribution in [2.75, 3.05) is 26.4 Å². The molecule has 0 aromatic carbocycles. The molecule has 0 heterocycles. The van der Waals surface area contributed by atoms with Crippen LogP contribution in [0.2, 0.25) is 0 Å². The van der Waals surface area contributed by atoms with Crippen molar-refractivity contribution < 1.29 is 24.1 Å². The number of ether oxygens (including phenoxy) is 3. The molecule has 0 radical (unpaired) electrons. The maximum atomic E-state index is 10.7. The lowest BCUT2D eigenvalue weighted by Gasteiger charge is -2.11. The standard InChI is InChI=1S/C12H22O5/c1-3-7-16-12(14)6-10-15-8-5-9-17-11(13)4-2/h4,12,14H,2-3,5-10H2,1H3. The molecule has 0 aliphatic carbocycles. The number of hydrogen-bond donors (Lipinski definition) is 1. The van der Waals surface area contributed by atoms with Gasteiger partial charge in [0.05, 0.1) is 13.2 Å². The van der Waals surface area contributed by atoms with Crippen LogP contribution in [0.1, 0.15) is 26.2 Å². The van der Waals surface area contributed by atoms with Crippen LogP contribution in [-0.4, -0.2) is 43.8 Å². The molecular weight excluding hydrogens is 224 g/mol. The molecular formula is C12H22O5. The van der Waals surface area contributed by atoms with Crippen LogP contribution in [0.5, 0.6) is 0 Å². The van der Waals surface area contributed by atoms with Crippen molar-refractivity contribution in [3.8, 4) is 0 Å². The molecule has 0 aromatic rings. The van der Waals surface area contributed by atoms with Crippen molar-refractivity contribution in [3.63, 3.8) is 0 Å². The van der Waals surface area contributed by atoms with Gasteiger partial charge in [0.25, 0.3) is 0 Å². The normalized spacial score (nSPS) is 12.1. The number of rotatable bonds is 11. The Hall–Kier alpha value is -0.910. The highest BCUT2D eigenvalue weighted by Gasteiger charge is 2.02. The Labute approximate surface area is 102 Å². The summed E-state index contributed by atoms with van der Waals surface area (Å²) in [5.41, 5.74) is 0. The van der Waals surface area contributed by atoms with E-state index in [9.17, 15) is 9.90 Å². The minimum atomic E-state index is -0.756. The number of esters is 1. The van der Waals surface area contributed by atoms with Crippen molar-refractivity contribution in [3.05, 3.63) is 12.7 Å². The Morgan fingerprint density at radius 3 is 2.76 bits per heavy atom. The lowest BCUT2D eigenvalue weighted by Crippen LogP contribution is -2.15. The fourth-order valence-corrected chi connectivity index (χ4v) is 1.02. The summed E-state index contributed by atoms with van der Waals surface area (Å²) in [7, 11) is 0. The van der Waals surface area contributed by atoms with E-state index in [-0.39, 0.29) is 0 Å². The molecule has 0 saturated heterocycles. The Morgan fingerprint density at radius 2 is 2.12 bits per heavy atom. The third kappa shape index (κ3) is 11.4. The summed E-state index contributed by atoms with van der Waals surface area (Å²) in [6, 6.07) is 0. The molecule has 0 aromatic heterocycles. The van der Waals surface area contributed by atoms with E-state index in [0.717, 1.165) is 12.5 Å². The second kappa shape index (κ2) is 11.6. The Balaban J connectivity index is 3.17. The van der Waals surface area contributed by atoms with Gasteiger partial charge in [-0.05, 0) is 6.42 Å². The Morgan fingerprint density at radius 1 is 1.35 bits per heavy atom. The molecule has 1 unspecified atom stereocenters. The smallest absolute Gasteiger partial charge is 0.330 e. The van der Waals surface area contributed by atoms with Gasteiger partial charge in [-0.25, -0.2) is 4.79 Å². The van der Waals surface area contributed by atoms with Crippen molar-refractivity contribution in [2.24, 2.45) is 0 Å². The van der Waals surface area contributed by atoms with Crippen LogP contribution in [0.4, 0.5) is 0 Å². The minimum absolute atomic E-state index is 0.319. The van der Waals surface area contributed by atoms with E-state index in [1.54, 1.807) is 0 Å². The Kier molecular flexibility index (Phi) is 11.0. The van der Waals surface area contributed by atoms with E-state index in [1.807, 2.05) is 6.92 Å². The van der Waals surface area contributed by atoms with E-state index in [4.69, 9.17) is 14.2 Å². The van der Waals surface area contributed by atoms with E-state index in [2.05, 4.69) is 6.58 Å². The van der Waals surface area contributed by atoms with E-state index >= 15 is 0 Å². The first-order valence-corrected chi connectivity index (χ1v) is 5.87. The van der Waals surface area contributed by atoms with E-state index in [0.29, 0.717) is 39.3 Å². The molecule has 100 valence electrons. The van der Waals surface area contributed by atoms with Gasteiger partial charge in [-0.15, -0.1) is 0 Å². The summed E-state index contributed by atoms with van der Waals surface area (Å²) in [6.45, 7) is 7.06. The van der Waals surface area contributed by atoms with Crippen molar-refractivity contribution in [2.45, 2.75) is 32.5 Å². The average molecular weight is 246 g/mol. The zero-order valence-corrected chi connectivity index (χ0v) is 10.4. The summed E-state index contributed by atoms with van der Waals surface area (Å²) in [5, 5.41) is 9.31. The SMILES string of the molecule is C=CC(=O)OCCCOCCC(O)OCCC. The first-order chi connectivity index (χ1) is 8.20. The summed E-state index contributed by atoms with van der Waals surface area (Å²) in [5.74, 6) is -0.423. The number of aliphatic hydroxyl groups excluding tert-OH is 1. The van der Waals surface area contributed by atoms with Crippen LogP contribution in [-0.2, 0) is 19.0 Å². The van der Waals surface area contributed by atoms with E-state index in [1.165, 1.54) is 0 Å². The first-order valence-electron chi connectivity index (χ1n) is 5.87. The maximum Gasteiger partial charge on any atom is 0.330 e. The molecule has 0 aliphatic heterocycles. The van der Waals surface area contributed by atoms with Crippen molar-refractivity contribution in [1.29, 1.82) is 0 Å². The highest BCUT2D eigenvalue weighted by Crippen LogP contribution is 1.96. The van der Waals surface area contributed by atoms with Gasteiger partial charge >= 0.3 is 5.97 Å². The first kappa shape index (κ1) is 16.1. The van der Waals surface area contributed by atoms with Crippen LogP contribution < -0.4 is 0 Å². The third-order valence-corrected chi connectivity index (χ3v) is 1.87. The molecule has 0 aliphatic rings. The van der Waals surface area contributed by atoms with Gasteiger partial charge in [-0.1, -0.05) is 13.5 Å². The van der Waals surface area contributed by atoms with Crippen LogP contribution in [0.3, 0.4) is 0 Å². The molecule has 0 bridgehead atoms. The van der Waals surface area contributed by atoms with Crippen molar-refractivity contribution in [1.82, 2.24) is 0 Å². The molecule has 0 spiro atoms. The molecule has 0 saturated carbocycles. The number of hydrogen-bond acceptors (Lipinski definition) is 5. The van der Waals surface area contributed by atoms with Gasteiger partial charge < -0.3 is 19.3 Å². The number of carbonyl (C=O) groups is 1. The summed E-state index contributed by atoms with van der Waals surface area (Å²) in [6.07, 6.45) is 2.33. The van der Waals surface area contributed by atoms with Crippen LogP contribution >= 0.6 is 0 Å². The van der Waals surface area contributed by atoms with Gasteiger partial charge in [-0.3, -0.25) is 0 Å². The molecule has 1 N–H and O–H groups in total. The lowest BCUT2D eigenvalue weighted by atomic mass is 10.4. The van der Waals surface area contributed by atoms with Crippen LogP contribution in [0.25, 0.3) is 0 Å². The van der Waals surface area contributed by atoms with Gasteiger partial charge in [0.2, 0.25) is 0 Å².